The van der Waals surface area contributed by atoms with Crippen LogP contribution in [0.3, 0.4) is 0 Å². The van der Waals surface area contributed by atoms with Gasteiger partial charge in [-0.2, -0.15) is 11.8 Å². The fourth-order valence-electron chi connectivity index (χ4n) is 4.86. The molecule has 28 heavy (non-hydrogen) atoms. The molecule has 0 radical (unpaired) electrons. The number of halogens is 1. The maximum Gasteiger partial charge on any atom is 0.250 e. The van der Waals surface area contributed by atoms with Crippen molar-refractivity contribution in [1.29, 1.82) is 0 Å². The van der Waals surface area contributed by atoms with Gasteiger partial charge < -0.3 is 5.32 Å². The molecule has 0 aliphatic carbocycles. The summed E-state index contributed by atoms with van der Waals surface area (Å²) < 4.78 is 0.840. The second-order valence-electron chi connectivity index (χ2n) is 7.67. The molecule has 8 heteroatoms. The van der Waals surface area contributed by atoms with Crippen LogP contribution in [-0.2, 0) is 19.9 Å². The number of amides is 3. The molecule has 150 valence electrons. The maximum absolute atomic E-state index is 13.4. The van der Waals surface area contributed by atoms with Crippen molar-refractivity contribution in [2.24, 2.45) is 11.8 Å². The van der Waals surface area contributed by atoms with Gasteiger partial charge in [0.15, 0.2) is 0 Å². The van der Waals surface area contributed by atoms with E-state index in [1.165, 1.54) is 4.90 Å². The van der Waals surface area contributed by atoms with E-state index < -0.39 is 17.4 Å². The van der Waals surface area contributed by atoms with Crippen molar-refractivity contribution in [3.05, 3.63) is 28.2 Å². The summed E-state index contributed by atoms with van der Waals surface area (Å²) >= 11 is 5.19. The molecule has 0 bridgehead atoms. The highest BCUT2D eigenvalue weighted by Crippen LogP contribution is 2.53. The van der Waals surface area contributed by atoms with Crippen molar-refractivity contribution in [1.82, 2.24) is 10.2 Å². The van der Waals surface area contributed by atoms with E-state index in [9.17, 15) is 14.4 Å². The van der Waals surface area contributed by atoms with E-state index in [1.54, 1.807) is 11.8 Å². The van der Waals surface area contributed by atoms with Gasteiger partial charge >= 0.3 is 0 Å². The Morgan fingerprint density at radius 1 is 1.25 bits per heavy atom. The van der Waals surface area contributed by atoms with Gasteiger partial charge in [0.05, 0.1) is 11.8 Å². The average Bonchev–Trinajstić information content (AvgIpc) is 3.24. The molecule has 2 N–H and O–H groups in total. The van der Waals surface area contributed by atoms with Gasteiger partial charge in [0.2, 0.25) is 17.7 Å². The van der Waals surface area contributed by atoms with Crippen molar-refractivity contribution in [3.8, 4) is 0 Å². The summed E-state index contributed by atoms with van der Waals surface area (Å²) in [4.78, 5) is 41.2. The van der Waals surface area contributed by atoms with Gasteiger partial charge in [0.1, 0.15) is 5.54 Å². The van der Waals surface area contributed by atoms with Crippen molar-refractivity contribution >= 4 is 51.1 Å². The van der Waals surface area contributed by atoms with Crippen molar-refractivity contribution in [2.45, 2.75) is 37.8 Å². The first kappa shape index (κ1) is 19.9. The number of carbonyl (C=O) groups excluding carboxylic acids is 3. The van der Waals surface area contributed by atoms with E-state index in [0.29, 0.717) is 12.2 Å². The molecule has 1 aromatic rings. The van der Waals surface area contributed by atoms with Gasteiger partial charge in [-0.3, -0.25) is 24.6 Å². The summed E-state index contributed by atoms with van der Waals surface area (Å²) in [5.74, 6) is -0.909. The third-order valence-corrected chi connectivity index (χ3v) is 7.27. The second kappa shape index (κ2) is 7.46. The number of rotatable bonds is 6. The first-order chi connectivity index (χ1) is 13.5. The lowest BCUT2D eigenvalue weighted by Gasteiger charge is -2.29. The fourth-order valence-corrected chi connectivity index (χ4v) is 5.71. The first-order valence-corrected chi connectivity index (χ1v) is 11.9. The van der Waals surface area contributed by atoms with Gasteiger partial charge in [-0.15, -0.1) is 0 Å². The number of likely N-dealkylation sites (tertiary alicyclic amines) is 1. The molecule has 3 amide bonds. The Morgan fingerprint density at radius 2 is 2.04 bits per heavy atom. The summed E-state index contributed by atoms with van der Waals surface area (Å²) in [5.41, 5.74) is 0.282. The summed E-state index contributed by atoms with van der Waals surface area (Å²) in [6.45, 7) is 2.47. The van der Waals surface area contributed by atoms with Crippen LogP contribution in [-0.4, -0.2) is 47.2 Å². The minimum Gasteiger partial charge on any atom is -0.324 e. The Kier molecular flexibility index (Phi) is 5.31. The largest absolute Gasteiger partial charge is 0.324 e. The smallest absolute Gasteiger partial charge is 0.250 e. The number of anilines is 1. The summed E-state index contributed by atoms with van der Waals surface area (Å²) in [6, 6.07) is 5.40. The summed E-state index contributed by atoms with van der Waals surface area (Å²) in [6.07, 6.45) is 4.44. The van der Waals surface area contributed by atoms with Crippen molar-refractivity contribution in [3.63, 3.8) is 0 Å². The highest BCUT2D eigenvalue weighted by molar-refractivity contribution is 9.10. The normalized spacial score (nSPS) is 30.9. The molecule has 3 aliphatic heterocycles. The predicted octanol–water partition coefficient (Wildman–Crippen LogP) is 2.72. The number of hydrogen-bond acceptors (Lipinski definition) is 5. The molecule has 3 aliphatic rings. The Balaban J connectivity index is 1.81. The maximum atomic E-state index is 13.4. The third-order valence-electron chi connectivity index (χ3n) is 6.14. The van der Waals surface area contributed by atoms with E-state index in [2.05, 4.69) is 26.6 Å². The Labute approximate surface area is 177 Å². The fraction of sp³-hybridized carbons (Fsp3) is 0.550. The topological polar surface area (TPSA) is 78.5 Å². The zero-order valence-electron chi connectivity index (χ0n) is 16.0. The standard InChI is InChI=1S/C20H24BrN3O3S/c1-3-4-8-24-17(25)15-14(7-9-28-2)23-20(16(15)18(24)26)12-10-11(21)5-6-13(12)22-19(20)27/h5-6,10,14-16,23H,3-4,7-9H2,1-2H3,(H,22,27)/t14-,15+,16+,20-/m1/s1. The number of carbonyl (C=O) groups is 3. The number of hydrogen-bond donors (Lipinski definition) is 2. The molecule has 0 aromatic heterocycles. The van der Waals surface area contributed by atoms with Gasteiger partial charge in [-0.05, 0) is 43.0 Å². The predicted molar refractivity (Wildman–Crippen MR) is 113 cm³/mol. The number of fused-ring (bicyclic) bond motifs is 4. The van der Waals surface area contributed by atoms with Crippen LogP contribution in [0.2, 0.25) is 0 Å². The zero-order valence-corrected chi connectivity index (χ0v) is 18.4. The van der Waals surface area contributed by atoms with Gasteiger partial charge in [-0.1, -0.05) is 29.3 Å². The van der Waals surface area contributed by atoms with Gasteiger partial charge in [-0.25, -0.2) is 0 Å². The monoisotopic (exact) mass is 465 g/mol. The van der Waals surface area contributed by atoms with Crippen molar-refractivity contribution < 1.29 is 14.4 Å². The van der Waals surface area contributed by atoms with E-state index in [0.717, 1.165) is 35.1 Å². The molecule has 3 heterocycles. The average molecular weight is 466 g/mol. The number of unbranched alkanes of at least 4 members (excludes halogenated alkanes) is 1. The number of thioether (sulfide) groups is 1. The number of nitrogens with zero attached hydrogens (tertiary/aromatic N) is 1. The van der Waals surface area contributed by atoms with Gasteiger partial charge in [0.25, 0.3) is 0 Å². The van der Waals surface area contributed by atoms with E-state index in [1.807, 2.05) is 31.4 Å². The van der Waals surface area contributed by atoms with Crippen LogP contribution in [0.5, 0.6) is 0 Å². The third kappa shape index (κ3) is 2.75. The molecule has 1 spiro atoms. The molecule has 1 aromatic carbocycles. The van der Waals surface area contributed by atoms with Crippen LogP contribution < -0.4 is 10.6 Å². The molecular formula is C20H24BrN3O3S. The summed E-state index contributed by atoms with van der Waals surface area (Å²) in [7, 11) is 0. The Hall–Kier alpha value is -1.38. The SMILES string of the molecule is CCCCN1C(=O)[C@@H]2[C@@H](C1=O)[C@@]1(N[C@@H]2CCSC)C(=O)Nc2ccc(Br)cc21. The van der Waals surface area contributed by atoms with Crippen LogP contribution >= 0.6 is 27.7 Å². The van der Waals surface area contributed by atoms with E-state index in [-0.39, 0.29) is 23.8 Å². The van der Waals surface area contributed by atoms with Crippen LogP contribution in [0.25, 0.3) is 0 Å². The van der Waals surface area contributed by atoms with Crippen LogP contribution in [0.15, 0.2) is 22.7 Å². The van der Waals surface area contributed by atoms with E-state index in [4.69, 9.17) is 0 Å². The molecule has 6 nitrogen and oxygen atoms in total. The first-order valence-electron chi connectivity index (χ1n) is 9.69. The molecular weight excluding hydrogens is 442 g/mol. The Morgan fingerprint density at radius 3 is 2.75 bits per heavy atom. The highest BCUT2D eigenvalue weighted by atomic mass is 79.9. The van der Waals surface area contributed by atoms with Crippen LogP contribution in [0.1, 0.15) is 31.7 Å². The molecule has 4 rings (SSSR count). The van der Waals surface area contributed by atoms with Crippen LogP contribution in [0.4, 0.5) is 5.69 Å². The molecule has 4 atom stereocenters. The van der Waals surface area contributed by atoms with Gasteiger partial charge in [0, 0.05) is 28.3 Å². The molecule has 2 fully saturated rings. The highest BCUT2D eigenvalue weighted by Gasteiger charge is 2.70. The van der Waals surface area contributed by atoms with Crippen LogP contribution in [0, 0.1) is 11.8 Å². The quantitative estimate of drug-likeness (QED) is 0.631. The number of nitrogens with one attached hydrogen (secondary N) is 2. The molecule has 0 saturated carbocycles. The number of imide groups is 1. The molecule has 0 unspecified atom stereocenters. The Bertz CT molecular complexity index is 848. The zero-order chi connectivity index (χ0) is 20.1. The molecule has 2 saturated heterocycles. The van der Waals surface area contributed by atoms with Crippen molar-refractivity contribution in [2.75, 3.05) is 23.9 Å². The minimum atomic E-state index is -1.18. The number of benzene rings is 1. The minimum absolute atomic E-state index is 0.129. The van der Waals surface area contributed by atoms with E-state index >= 15 is 0 Å². The lowest BCUT2D eigenvalue weighted by atomic mass is 9.76. The lowest BCUT2D eigenvalue weighted by Crippen LogP contribution is -2.53. The summed E-state index contributed by atoms with van der Waals surface area (Å²) in [5, 5.41) is 6.39. The lowest BCUT2D eigenvalue weighted by molar-refractivity contribution is -0.142. The second-order valence-corrected chi connectivity index (χ2v) is 9.57.